The molecule has 1 saturated carbocycles. The molecule has 6 heteroatoms. The molecule has 1 fully saturated rings. The molecule has 0 aliphatic heterocycles. The predicted octanol–water partition coefficient (Wildman–Crippen LogP) is 1.94. The fourth-order valence-electron chi connectivity index (χ4n) is 1.30. The molecule has 1 aliphatic carbocycles. The second-order valence-corrected chi connectivity index (χ2v) is 5.95. The molecule has 0 saturated heterocycles. The van der Waals surface area contributed by atoms with Crippen LogP contribution in [0.3, 0.4) is 0 Å². The highest BCUT2D eigenvalue weighted by atomic mass is 35.7. The van der Waals surface area contributed by atoms with E-state index in [1.165, 1.54) is 18.3 Å². The third-order valence-electron chi connectivity index (χ3n) is 2.33. The lowest BCUT2D eigenvalue weighted by Gasteiger charge is -2.26. The Labute approximate surface area is 92.7 Å². The first kappa shape index (κ1) is 10.7. The molecule has 0 bridgehead atoms. The van der Waals surface area contributed by atoms with E-state index in [2.05, 4.69) is 4.98 Å². The van der Waals surface area contributed by atoms with E-state index in [0.29, 0.717) is 0 Å². The summed E-state index contributed by atoms with van der Waals surface area (Å²) in [6.07, 6.45) is 4.56. The van der Waals surface area contributed by atoms with E-state index < -0.39 is 9.05 Å². The highest BCUT2D eigenvalue weighted by molar-refractivity contribution is 8.13. The summed E-state index contributed by atoms with van der Waals surface area (Å²) in [6, 6.07) is 2.91. The third-order valence-corrected chi connectivity index (χ3v) is 3.66. The summed E-state index contributed by atoms with van der Waals surface area (Å²) in [5.41, 5.74) is 0. The SMILES string of the molecule is O=S(=O)(Cl)c1cccnc1OC1CCC1. The van der Waals surface area contributed by atoms with Gasteiger partial charge in [0.2, 0.25) is 5.88 Å². The Morgan fingerprint density at radius 1 is 1.47 bits per heavy atom. The lowest BCUT2D eigenvalue weighted by atomic mass is 9.96. The van der Waals surface area contributed by atoms with Gasteiger partial charge in [0, 0.05) is 16.9 Å². The Bertz CT molecular complexity index is 456. The summed E-state index contributed by atoms with van der Waals surface area (Å²) in [5, 5.41) is 0. The van der Waals surface area contributed by atoms with E-state index in [9.17, 15) is 8.42 Å². The maximum absolute atomic E-state index is 11.2. The van der Waals surface area contributed by atoms with Gasteiger partial charge in [0.15, 0.2) is 0 Å². The van der Waals surface area contributed by atoms with Gasteiger partial charge in [-0.15, -0.1) is 0 Å². The van der Waals surface area contributed by atoms with Gasteiger partial charge < -0.3 is 4.74 Å². The van der Waals surface area contributed by atoms with E-state index in [0.717, 1.165) is 19.3 Å². The van der Waals surface area contributed by atoms with Crippen molar-refractivity contribution < 1.29 is 13.2 Å². The number of nitrogens with zero attached hydrogens (tertiary/aromatic N) is 1. The van der Waals surface area contributed by atoms with E-state index in [1.54, 1.807) is 0 Å². The Hall–Kier alpha value is -0.810. The van der Waals surface area contributed by atoms with Crippen LogP contribution in [0.5, 0.6) is 5.88 Å². The van der Waals surface area contributed by atoms with E-state index in [1.807, 2.05) is 0 Å². The van der Waals surface area contributed by atoms with Crippen LogP contribution in [-0.4, -0.2) is 19.5 Å². The first-order valence-corrected chi connectivity index (χ1v) is 6.94. The second kappa shape index (κ2) is 3.98. The molecule has 15 heavy (non-hydrogen) atoms. The Balaban J connectivity index is 2.29. The normalized spacial score (nSPS) is 17.1. The van der Waals surface area contributed by atoms with E-state index in [-0.39, 0.29) is 16.9 Å². The fourth-order valence-corrected chi connectivity index (χ4v) is 2.20. The van der Waals surface area contributed by atoms with Gasteiger partial charge in [-0.2, -0.15) is 0 Å². The summed E-state index contributed by atoms with van der Waals surface area (Å²) >= 11 is 0. The summed E-state index contributed by atoms with van der Waals surface area (Å²) in [6.45, 7) is 0. The maximum atomic E-state index is 11.2. The topological polar surface area (TPSA) is 56.3 Å². The Morgan fingerprint density at radius 2 is 2.20 bits per heavy atom. The lowest BCUT2D eigenvalue weighted by molar-refractivity contribution is 0.111. The van der Waals surface area contributed by atoms with Crippen molar-refractivity contribution in [1.82, 2.24) is 4.98 Å². The molecular weight excluding hydrogens is 238 g/mol. The van der Waals surface area contributed by atoms with Crippen molar-refractivity contribution in [3.63, 3.8) is 0 Å². The zero-order valence-corrected chi connectivity index (χ0v) is 9.46. The minimum absolute atomic E-state index is 0.0569. The van der Waals surface area contributed by atoms with Crippen molar-refractivity contribution in [2.75, 3.05) is 0 Å². The molecule has 0 spiro atoms. The summed E-state index contributed by atoms with van der Waals surface area (Å²) in [5.74, 6) is 0.109. The number of hydrogen-bond acceptors (Lipinski definition) is 4. The second-order valence-electron chi connectivity index (χ2n) is 3.42. The Morgan fingerprint density at radius 3 is 2.73 bits per heavy atom. The number of halogens is 1. The zero-order chi connectivity index (χ0) is 10.9. The molecule has 1 aromatic heterocycles. The molecule has 0 radical (unpaired) electrons. The number of hydrogen-bond donors (Lipinski definition) is 0. The van der Waals surface area contributed by atoms with Gasteiger partial charge in [0.25, 0.3) is 9.05 Å². The van der Waals surface area contributed by atoms with Gasteiger partial charge in [-0.05, 0) is 31.4 Å². The molecule has 2 rings (SSSR count). The fraction of sp³-hybridized carbons (Fsp3) is 0.444. The predicted molar refractivity (Wildman–Crippen MR) is 55.5 cm³/mol. The molecule has 0 N–H and O–H groups in total. The van der Waals surface area contributed by atoms with E-state index >= 15 is 0 Å². The first-order chi connectivity index (χ1) is 7.07. The smallest absolute Gasteiger partial charge is 0.266 e. The quantitative estimate of drug-likeness (QED) is 0.766. The van der Waals surface area contributed by atoms with E-state index in [4.69, 9.17) is 15.4 Å². The van der Waals surface area contributed by atoms with Gasteiger partial charge in [0.05, 0.1) is 0 Å². The molecule has 1 aliphatic rings. The Kier molecular flexibility index (Phi) is 2.84. The zero-order valence-electron chi connectivity index (χ0n) is 7.89. The number of aromatic nitrogens is 1. The van der Waals surface area contributed by atoms with Crippen molar-refractivity contribution in [1.29, 1.82) is 0 Å². The minimum Gasteiger partial charge on any atom is -0.473 e. The van der Waals surface area contributed by atoms with Gasteiger partial charge in [0.1, 0.15) is 11.0 Å². The van der Waals surface area contributed by atoms with Gasteiger partial charge >= 0.3 is 0 Å². The molecule has 0 atom stereocenters. The highest BCUT2D eigenvalue weighted by Crippen LogP contribution is 2.29. The lowest BCUT2D eigenvalue weighted by Crippen LogP contribution is -2.25. The standard InChI is InChI=1S/C9H10ClNO3S/c10-15(12,13)8-5-2-6-11-9(8)14-7-3-1-4-7/h2,5-7H,1,3-4H2. The molecule has 0 unspecified atom stereocenters. The summed E-state index contributed by atoms with van der Waals surface area (Å²) < 4.78 is 27.8. The molecular formula is C9H10ClNO3S. The highest BCUT2D eigenvalue weighted by Gasteiger charge is 2.24. The maximum Gasteiger partial charge on any atom is 0.266 e. The average molecular weight is 248 g/mol. The van der Waals surface area contributed by atoms with Crippen LogP contribution in [0.1, 0.15) is 19.3 Å². The van der Waals surface area contributed by atoms with Crippen LogP contribution in [0.4, 0.5) is 0 Å². The summed E-state index contributed by atoms with van der Waals surface area (Å²) in [4.78, 5) is 3.82. The van der Waals surface area contributed by atoms with Crippen LogP contribution in [-0.2, 0) is 9.05 Å². The van der Waals surface area contributed by atoms with Crippen molar-refractivity contribution >= 4 is 19.7 Å². The van der Waals surface area contributed by atoms with Gasteiger partial charge in [-0.3, -0.25) is 0 Å². The monoisotopic (exact) mass is 247 g/mol. The van der Waals surface area contributed by atoms with Crippen LogP contribution >= 0.6 is 10.7 Å². The number of ether oxygens (including phenoxy) is 1. The molecule has 0 aromatic carbocycles. The van der Waals surface area contributed by atoms with Gasteiger partial charge in [-0.25, -0.2) is 13.4 Å². The van der Waals surface area contributed by atoms with Crippen LogP contribution in [0.25, 0.3) is 0 Å². The van der Waals surface area contributed by atoms with Crippen molar-refractivity contribution in [3.8, 4) is 5.88 Å². The number of rotatable bonds is 3. The third kappa shape index (κ3) is 2.41. The minimum atomic E-state index is -3.78. The molecule has 0 amide bonds. The van der Waals surface area contributed by atoms with Crippen molar-refractivity contribution in [2.24, 2.45) is 0 Å². The van der Waals surface area contributed by atoms with Crippen LogP contribution in [0.2, 0.25) is 0 Å². The van der Waals surface area contributed by atoms with Crippen LogP contribution in [0, 0.1) is 0 Å². The van der Waals surface area contributed by atoms with Crippen LogP contribution < -0.4 is 4.74 Å². The van der Waals surface area contributed by atoms with Crippen LogP contribution in [0.15, 0.2) is 23.2 Å². The van der Waals surface area contributed by atoms with Gasteiger partial charge in [-0.1, -0.05) is 0 Å². The van der Waals surface area contributed by atoms with Crippen molar-refractivity contribution in [2.45, 2.75) is 30.3 Å². The number of pyridine rings is 1. The molecule has 4 nitrogen and oxygen atoms in total. The molecule has 82 valence electrons. The molecule has 1 aromatic rings. The first-order valence-electron chi connectivity index (χ1n) is 4.64. The average Bonchev–Trinajstić information content (AvgIpc) is 2.10. The summed E-state index contributed by atoms with van der Waals surface area (Å²) in [7, 11) is 1.48. The molecule has 1 heterocycles. The van der Waals surface area contributed by atoms with Crippen molar-refractivity contribution in [3.05, 3.63) is 18.3 Å². The largest absolute Gasteiger partial charge is 0.473 e.